The highest BCUT2D eigenvalue weighted by Crippen LogP contribution is 2.38. The number of nitrogens with zero attached hydrogens (tertiary/aromatic N) is 6. The molecule has 1 fully saturated rings. The first-order chi connectivity index (χ1) is 27.8. The number of ether oxygens (including phenoxy) is 4. The second-order valence-corrected chi connectivity index (χ2v) is 14.4. The molecule has 2 N–H and O–H groups in total. The Labute approximate surface area is 330 Å². The summed E-state index contributed by atoms with van der Waals surface area (Å²) in [7, 11) is 1.57. The number of hydrogen-bond acceptors (Lipinski definition) is 11. The van der Waals surface area contributed by atoms with E-state index in [9.17, 15) is 23.9 Å². The largest absolute Gasteiger partial charge is 0.497 e. The van der Waals surface area contributed by atoms with Gasteiger partial charge in [-0.15, -0.1) is 5.10 Å². The molecule has 4 heterocycles. The van der Waals surface area contributed by atoms with Crippen LogP contribution in [-0.2, 0) is 11.3 Å². The number of carbonyl (C=O) groups is 2. The first-order valence-corrected chi connectivity index (χ1v) is 18.2. The van der Waals surface area contributed by atoms with E-state index in [1.54, 1.807) is 32.6 Å². The number of rotatable bonds is 10. The van der Waals surface area contributed by atoms with Crippen molar-refractivity contribution >= 4 is 28.7 Å². The number of methoxy groups -OCH3 is 1. The maximum Gasteiger partial charge on any atom is 0.410 e. The van der Waals surface area contributed by atoms with Crippen molar-refractivity contribution in [2.75, 3.05) is 25.5 Å². The lowest BCUT2D eigenvalue weighted by Crippen LogP contribution is -2.52. The number of anilines is 1. The third kappa shape index (κ3) is 8.73. The summed E-state index contributed by atoms with van der Waals surface area (Å²) in [4.78, 5) is 44.9. The van der Waals surface area contributed by atoms with Gasteiger partial charge in [0.1, 0.15) is 46.1 Å². The van der Waals surface area contributed by atoms with Gasteiger partial charge in [0.25, 0.3) is 11.5 Å². The summed E-state index contributed by atoms with van der Waals surface area (Å²) in [5.41, 5.74) is -0.265. The number of aliphatic hydroxyl groups excluding tert-OH is 1. The van der Waals surface area contributed by atoms with Crippen LogP contribution in [0.25, 0.3) is 16.7 Å². The lowest BCUT2D eigenvalue weighted by Gasteiger charge is -2.36. The SMILES string of the molecule is COc1ccc(Cn2nc(O[C@H]3CCN(C(=O)OC(C)(C)C)C[C@H]3O)c3c(Oc4ccc(NC(=O)c5ccnn(-c6ccc(F)cc6)c5=O)cc4F)ccnc32)cc1. The number of amides is 2. The van der Waals surface area contributed by atoms with Gasteiger partial charge >= 0.3 is 6.09 Å². The van der Waals surface area contributed by atoms with E-state index in [0.29, 0.717) is 16.8 Å². The maximum atomic E-state index is 15.7. The Hall–Kier alpha value is -6.88. The van der Waals surface area contributed by atoms with E-state index in [1.165, 1.54) is 53.7 Å². The van der Waals surface area contributed by atoms with Crippen LogP contribution < -0.4 is 25.1 Å². The molecule has 0 spiro atoms. The van der Waals surface area contributed by atoms with Crippen LogP contribution in [0.4, 0.5) is 19.3 Å². The van der Waals surface area contributed by atoms with E-state index in [0.717, 1.165) is 28.4 Å². The minimum absolute atomic E-state index is 0.0299. The highest BCUT2D eigenvalue weighted by Gasteiger charge is 2.35. The molecule has 2 atom stereocenters. The topological polar surface area (TPSA) is 172 Å². The standard InChI is InChI=1S/C41H39F2N7O8/c1-41(2,3)58-40(54)48-20-17-33(31(51)23-48)57-38-35-34(16-18-44-36(35)49(47-38)22-24-5-12-28(55-4)13-6-24)56-32-14-9-26(21-30(32)43)46-37(52)29-15-19-45-50(39(29)53)27-10-7-25(42)8-11-27/h5-16,18-19,21,31,33,51H,17,20,22-23H2,1-4H3,(H,46,52)/t31-,33+/m1/s1. The number of aliphatic hydroxyl groups is 1. The number of nitrogens with one attached hydrogen (secondary N) is 1. The smallest absolute Gasteiger partial charge is 0.410 e. The van der Waals surface area contributed by atoms with Gasteiger partial charge < -0.3 is 34.3 Å². The van der Waals surface area contributed by atoms with Gasteiger partial charge in [0, 0.05) is 43.2 Å². The van der Waals surface area contributed by atoms with Crippen LogP contribution in [0.15, 0.2) is 96.1 Å². The molecule has 0 saturated carbocycles. The molecule has 58 heavy (non-hydrogen) atoms. The van der Waals surface area contributed by atoms with E-state index in [-0.39, 0.29) is 60.4 Å². The molecule has 0 radical (unpaired) electrons. The van der Waals surface area contributed by atoms with Crippen molar-refractivity contribution in [2.24, 2.45) is 0 Å². The Balaban J connectivity index is 1.14. The summed E-state index contributed by atoms with van der Waals surface area (Å²) in [6.07, 6.45) is 0.556. The van der Waals surface area contributed by atoms with Crippen LogP contribution >= 0.6 is 0 Å². The Morgan fingerprint density at radius 3 is 2.41 bits per heavy atom. The van der Waals surface area contributed by atoms with Crippen LogP contribution in [-0.4, -0.2) is 84.6 Å². The van der Waals surface area contributed by atoms with Gasteiger partial charge in [-0.3, -0.25) is 9.59 Å². The number of benzene rings is 3. The number of β-amino-alcohol motifs (C(OH)–C–C–N with tert-alkyl or cyclic N) is 1. The molecule has 3 aromatic carbocycles. The third-order valence-electron chi connectivity index (χ3n) is 9.06. The fourth-order valence-corrected chi connectivity index (χ4v) is 6.23. The molecule has 0 aliphatic carbocycles. The lowest BCUT2D eigenvalue weighted by molar-refractivity contribution is -0.0384. The van der Waals surface area contributed by atoms with Gasteiger partial charge in [0.2, 0.25) is 5.88 Å². The van der Waals surface area contributed by atoms with E-state index >= 15 is 4.39 Å². The van der Waals surface area contributed by atoms with E-state index in [4.69, 9.17) is 24.0 Å². The molecule has 1 aliphatic rings. The third-order valence-corrected chi connectivity index (χ3v) is 9.06. The van der Waals surface area contributed by atoms with Crippen molar-refractivity contribution in [1.82, 2.24) is 29.4 Å². The van der Waals surface area contributed by atoms with Gasteiger partial charge in [-0.2, -0.15) is 9.78 Å². The number of hydrogen-bond donors (Lipinski definition) is 2. The lowest BCUT2D eigenvalue weighted by atomic mass is 10.1. The van der Waals surface area contributed by atoms with Crippen LogP contribution in [0.5, 0.6) is 23.1 Å². The number of carbonyl (C=O) groups excluding carboxylic acids is 2. The van der Waals surface area contributed by atoms with E-state index < -0.39 is 47.0 Å². The monoisotopic (exact) mass is 795 g/mol. The van der Waals surface area contributed by atoms with Crippen LogP contribution in [0.2, 0.25) is 0 Å². The molecule has 1 aliphatic heterocycles. The number of fused-ring (bicyclic) bond motifs is 1. The molecule has 1 saturated heterocycles. The van der Waals surface area contributed by atoms with E-state index in [2.05, 4.69) is 15.4 Å². The minimum Gasteiger partial charge on any atom is -0.497 e. The van der Waals surface area contributed by atoms with Crippen molar-refractivity contribution in [3.8, 4) is 28.8 Å². The van der Waals surface area contributed by atoms with Gasteiger partial charge in [0.05, 0.1) is 25.9 Å². The predicted molar refractivity (Wildman–Crippen MR) is 207 cm³/mol. The molecule has 2 amide bonds. The van der Waals surface area contributed by atoms with Crippen molar-refractivity contribution in [3.05, 3.63) is 124 Å². The van der Waals surface area contributed by atoms with Gasteiger partial charge in [-0.05, 0) is 80.9 Å². The molecule has 15 nitrogen and oxygen atoms in total. The zero-order chi connectivity index (χ0) is 41.1. The zero-order valence-electron chi connectivity index (χ0n) is 31.9. The average Bonchev–Trinajstić information content (AvgIpc) is 3.53. The number of halogens is 2. The van der Waals surface area contributed by atoms with Crippen LogP contribution in [0.3, 0.4) is 0 Å². The average molecular weight is 796 g/mol. The Bertz CT molecular complexity index is 2520. The molecule has 3 aromatic heterocycles. The molecular weight excluding hydrogens is 756 g/mol. The summed E-state index contributed by atoms with van der Waals surface area (Å²) in [5, 5.41) is 22.6. The summed E-state index contributed by atoms with van der Waals surface area (Å²) in [5.74, 6) is -1.52. The van der Waals surface area contributed by atoms with Gasteiger partial charge in [-0.25, -0.2) is 23.2 Å². The highest BCUT2D eigenvalue weighted by atomic mass is 19.1. The number of aromatic nitrogens is 5. The summed E-state index contributed by atoms with van der Waals surface area (Å²) in [6, 6.07) is 18.8. The van der Waals surface area contributed by atoms with Crippen molar-refractivity contribution < 1.29 is 42.4 Å². The Morgan fingerprint density at radius 1 is 0.966 bits per heavy atom. The van der Waals surface area contributed by atoms with Crippen LogP contribution in [0.1, 0.15) is 43.1 Å². The predicted octanol–water partition coefficient (Wildman–Crippen LogP) is 6.11. The maximum absolute atomic E-state index is 15.7. The molecule has 300 valence electrons. The van der Waals surface area contributed by atoms with Gasteiger partial charge in [0.15, 0.2) is 17.2 Å². The first kappa shape index (κ1) is 39.4. The summed E-state index contributed by atoms with van der Waals surface area (Å²) in [6.45, 7) is 5.76. The fraction of sp³-hybridized carbons (Fsp3) is 0.268. The van der Waals surface area contributed by atoms with Crippen molar-refractivity contribution in [2.45, 2.75) is 51.5 Å². The summed E-state index contributed by atoms with van der Waals surface area (Å²) < 4.78 is 54.9. The molecule has 0 unspecified atom stereocenters. The fourth-order valence-electron chi connectivity index (χ4n) is 6.23. The minimum atomic E-state index is -1.10. The van der Waals surface area contributed by atoms with Crippen LogP contribution in [0, 0.1) is 11.6 Å². The Kier molecular flexibility index (Phi) is 11.1. The quantitative estimate of drug-likeness (QED) is 0.164. The molecule has 6 aromatic rings. The number of pyridine rings is 1. The zero-order valence-corrected chi connectivity index (χ0v) is 31.9. The van der Waals surface area contributed by atoms with Crippen molar-refractivity contribution in [1.29, 1.82) is 0 Å². The second kappa shape index (κ2) is 16.3. The number of likely N-dealkylation sites (tertiary alicyclic amines) is 1. The molecule has 7 rings (SSSR count). The molecule has 0 bridgehead atoms. The molecule has 17 heteroatoms. The van der Waals surface area contributed by atoms with E-state index in [1.807, 2.05) is 24.3 Å². The second-order valence-electron chi connectivity index (χ2n) is 14.4. The molecular formula is C41H39F2N7O8. The summed E-state index contributed by atoms with van der Waals surface area (Å²) >= 11 is 0. The highest BCUT2D eigenvalue weighted by molar-refractivity contribution is 6.04. The van der Waals surface area contributed by atoms with Crippen molar-refractivity contribution in [3.63, 3.8) is 0 Å². The Morgan fingerprint density at radius 2 is 1.72 bits per heavy atom. The number of piperidine rings is 1. The normalized spacial score (nSPS) is 15.5. The van der Waals surface area contributed by atoms with Gasteiger partial charge in [-0.1, -0.05) is 12.1 Å². The first-order valence-electron chi connectivity index (χ1n) is 18.2.